The van der Waals surface area contributed by atoms with Gasteiger partial charge in [0, 0.05) is 19.1 Å². The number of carbonyl (C=O) groups is 1. The molecule has 1 aliphatic rings. The van der Waals surface area contributed by atoms with Crippen LogP contribution in [0.5, 0.6) is 0 Å². The minimum atomic E-state index is -0.408. The third-order valence-corrected chi connectivity index (χ3v) is 3.09. The summed E-state index contributed by atoms with van der Waals surface area (Å²) in [5.74, 6) is 1.04. The highest BCUT2D eigenvalue weighted by atomic mass is 16.5. The van der Waals surface area contributed by atoms with Crippen LogP contribution in [0.4, 0.5) is 0 Å². The van der Waals surface area contributed by atoms with Crippen LogP contribution in [0.2, 0.25) is 0 Å². The van der Waals surface area contributed by atoms with Gasteiger partial charge in [0.1, 0.15) is 5.82 Å². The molecule has 1 saturated heterocycles. The molecule has 0 spiro atoms. The topological polar surface area (TPSA) is 66.2 Å². The smallest absolute Gasteiger partial charge is 0.376 e. The number of rotatable bonds is 4. The number of aryl methyl sites for hydroxylation is 1. The second-order valence-electron chi connectivity index (χ2n) is 4.49. The molecule has 0 bridgehead atoms. The Kier molecular flexibility index (Phi) is 4.30. The maximum atomic E-state index is 11.7. The summed E-state index contributed by atoms with van der Waals surface area (Å²) in [4.78, 5) is 11.7. The van der Waals surface area contributed by atoms with Crippen molar-refractivity contribution in [3.05, 3.63) is 11.6 Å². The molecule has 1 aromatic rings. The number of hydrogen-bond donors (Lipinski definition) is 0. The zero-order chi connectivity index (χ0) is 13.0. The number of carbonyl (C=O) groups excluding carboxylic acids is 1. The summed E-state index contributed by atoms with van der Waals surface area (Å²) in [6.45, 7) is 6.26. The second kappa shape index (κ2) is 5.95. The van der Waals surface area contributed by atoms with E-state index in [0.29, 0.717) is 24.9 Å². The van der Waals surface area contributed by atoms with Crippen LogP contribution in [0.1, 0.15) is 36.2 Å². The lowest BCUT2D eigenvalue weighted by Gasteiger charge is -2.23. The molecule has 1 fully saturated rings. The fraction of sp³-hybridized carbons (Fsp3) is 0.750. The zero-order valence-electron chi connectivity index (χ0n) is 10.9. The molecular formula is C12H19N3O3. The van der Waals surface area contributed by atoms with Crippen molar-refractivity contribution in [2.24, 2.45) is 5.92 Å². The molecule has 0 saturated carbocycles. The van der Waals surface area contributed by atoms with Crippen molar-refractivity contribution < 1.29 is 14.3 Å². The summed E-state index contributed by atoms with van der Waals surface area (Å²) in [7, 11) is 0. The van der Waals surface area contributed by atoms with Gasteiger partial charge in [0.25, 0.3) is 0 Å². The minimum Gasteiger partial charge on any atom is -0.460 e. The van der Waals surface area contributed by atoms with Crippen molar-refractivity contribution in [3.8, 4) is 0 Å². The first-order valence-electron chi connectivity index (χ1n) is 6.37. The average Bonchev–Trinajstić information content (AvgIpc) is 2.73. The van der Waals surface area contributed by atoms with Crippen LogP contribution in [-0.2, 0) is 16.0 Å². The van der Waals surface area contributed by atoms with Gasteiger partial charge in [-0.05, 0) is 26.7 Å². The monoisotopic (exact) mass is 253 g/mol. The van der Waals surface area contributed by atoms with Gasteiger partial charge in [0.2, 0.25) is 5.82 Å². The van der Waals surface area contributed by atoms with Gasteiger partial charge in [0.05, 0.1) is 13.2 Å². The normalized spacial score (nSPS) is 19.8. The predicted octanol–water partition coefficient (Wildman–Crippen LogP) is 1.19. The average molecular weight is 253 g/mol. The van der Waals surface area contributed by atoms with E-state index in [1.165, 1.54) is 0 Å². The molecule has 100 valence electrons. The van der Waals surface area contributed by atoms with Crippen molar-refractivity contribution in [3.63, 3.8) is 0 Å². The Labute approximate surface area is 106 Å². The van der Waals surface area contributed by atoms with Gasteiger partial charge in [-0.25, -0.2) is 4.79 Å². The maximum absolute atomic E-state index is 11.7. The first-order valence-corrected chi connectivity index (χ1v) is 6.37. The molecule has 2 rings (SSSR count). The predicted molar refractivity (Wildman–Crippen MR) is 64.3 cm³/mol. The molecule has 6 nitrogen and oxygen atoms in total. The Hall–Kier alpha value is -1.43. The van der Waals surface area contributed by atoms with Crippen LogP contribution < -0.4 is 0 Å². The molecule has 0 N–H and O–H groups in total. The number of esters is 1. The molecule has 0 aromatic carbocycles. The Bertz CT molecular complexity index is 411. The molecule has 6 heteroatoms. The van der Waals surface area contributed by atoms with Crippen LogP contribution in [0.25, 0.3) is 0 Å². The van der Waals surface area contributed by atoms with Crippen molar-refractivity contribution in [1.82, 2.24) is 14.8 Å². The summed E-state index contributed by atoms with van der Waals surface area (Å²) in [6.07, 6.45) is 2.18. The lowest BCUT2D eigenvalue weighted by atomic mass is 10.0. The zero-order valence-corrected chi connectivity index (χ0v) is 10.9. The van der Waals surface area contributed by atoms with Gasteiger partial charge in [-0.2, -0.15) is 0 Å². The Morgan fingerprint density at radius 2 is 2.39 bits per heavy atom. The van der Waals surface area contributed by atoms with E-state index < -0.39 is 5.97 Å². The Balaban J connectivity index is 2.10. The Morgan fingerprint density at radius 3 is 3.06 bits per heavy atom. The van der Waals surface area contributed by atoms with E-state index in [1.54, 1.807) is 6.92 Å². The highest BCUT2D eigenvalue weighted by Crippen LogP contribution is 2.17. The number of aromatic nitrogens is 3. The fourth-order valence-corrected chi connectivity index (χ4v) is 2.16. The van der Waals surface area contributed by atoms with E-state index in [2.05, 4.69) is 10.2 Å². The van der Waals surface area contributed by atoms with Crippen LogP contribution in [0.3, 0.4) is 0 Å². The van der Waals surface area contributed by atoms with Crippen LogP contribution in [0, 0.1) is 12.8 Å². The minimum absolute atomic E-state index is 0.292. The van der Waals surface area contributed by atoms with Gasteiger partial charge in [-0.15, -0.1) is 10.2 Å². The number of nitrogens with zero attached hydrogens (tertiary/aromatic N) is 3. The molecule has 0 amide bonds. The van der Waals surface area contributed by atoms with Crippen LogP contribution in [-0.4, -0.2) is 40.6 Å². The first kappa shape index (κ1) is 13.0. The van der Waals surface area contributed by atoms with Crippen LogP contribution in [0.15, 0.2) is 0 Å². The van der Waals surface area contributed by atoms with E-state index in [9.17, 15) is 4.79 Å². The quantitative estimate of drug-likeness (QED) is 0.754. The standard InChI is InChI=1S/C12H19N3O3/c1-3-18-12(16)11-14-13-9(2)15(11)7-10-5-4-6-17-8-10/h10H,3-8H2,1-2H3. The van der Waals surface area contributed by atoms with E-state index in [-0.39, 0.29) is 0 Å². The highest BCUT2D eigenvalue weighted by molar-refractivity contribution is 5.85. The largest absolute Gasteiger partial charge is 0.460 e. The summed E-state index contributed by atoms with van der Waals surface area (Å²) in [5.41, 5.74) is 0. The summed E-state index contributed by atoms with van der Waals surface area (Å²) >= 11 is 0. The first-order chi connectivity index (χ1) is 8.72. The fourth-order valence-electron chi connectivity index (χ4n) is 2.16. The van der Waals surface area contributed by atoms with E-state index in [0.717, 1.165) is 31.9 Å². The summed E-state index contributed by atoms with van der Waals surface area (Å²) in [5, 5.41) is 7.85. The molecule has 1 unspecified atom stereocenters. The molecule has 2 heterocycles. The SMILES string of the molecule is CCOC(=O)c1nnc(C)n1CC1CCCOC1. The number of hydrogen-bond acceptors (Lipinski definition) is 5. The maximum Gasteiger partial charge on any atom is 0.376 e. The molecule has 1 atom stereocenters. The third-order valence-electron chi connectivity index (χ3n) is 3.09. The van der Waals surface area contributed by atoms with Gasteiger partial charge in [0.15, 0.2) is 0 Å². The molecule has 1 aromatic heterocycles. The molecule has 1 aliphatic heterocycles. The molecular weight excluding hydrogens is 234 g/mol. The van der Waals surface area contributed by atoms with E-state index in [1.807, 2.05) is 11.5 Å². The lowest BCUT2D eigenvalue weighted by Crippen LogP contribution is -2.25. The number of ether oxygens (including phenoxy) is 2. The van der Waals surface area contributed by atoms with Crippen LogP contribution >= 0.6 is 0 Å². The van der Waals surface area contributed by atoms with E-state index in [4.69, 9.17) is 9.47 Å². The van der Waals surface area contributed by atoms with Gasteiger partial charge in [-0.3, -0.25) is 0 Å². The third kappa shape index (κ3) is 2.87. The van der Waals surface area contributed by atoms with Crippen molar-refractivity contribution >= 4 is 5.97 Å². The highest BCUT2D eigenvalue weighted by Gasteiger charge is 2.22. The van der Waals surface area contributed by atoms with Crippen molar-refractivity contribution in [1.29, 1.82) is 0 Å². The second-order valence-corrected chi connectivity index (χ2v) is 4.49. The molecule has 18 heavy (non-hydrogen) atoms. The van der Waals surface area contributed by atoms with Gasteiger partial charge < -0.3 is 14.0 Å². The summed E-state index contributed by atoms with van der Waals surface area (Å²) in [6, 6.07) is 0. The van der Waals surface area contributed by atoms with Gasteiger partial charge >= 0.3 is 5.97 Å². The summed E-state index contributed by atoms with van der Waals surface area (Å²) < 4.78 is 12.3. The van der Waals surface area contributed by atoms with Gasteiger partial charge in [-0.1, -0.05) is 0 Å². The Morgan fingerprint density at radius 1 is 1.56 bits per heavy atom. The lowest BCUT2D eigenvalue weighted by molar-refractivity contribution is 0.0435. The molecule has 0 aliphatic carbocycles. The van der Waals surface area contributed by atoms with Crippen molar-refractivity contribution in [2.75, 3.05) is 19.8 Å². The molecule has 0 radical (unpaired) electrons. The van der Waals surface area contributed by atoms with Crippen molar-refractivity contribution in [2.45, 2.75) is 33.2 Å². The van der Waals surface area contributed by atoms with E-state index >= 15 is 0 Å².